The number of carbonyl (C=O) groups is 4. The van der Waals surface area contributed by atoms with Gasteiger partial charge in [-0.2, -0.15) is 0 Å². The van der Waals surface area contributed by atoms with Crippen LogP contribution in [0.3, 0.4) is 0 Å². The van der Waals surface area contributed by atoms with E-state index >= 15 is 4.39 Å². The number of imide groups is 2. The van der Waals surface area contributed by atoms with Crippen LogP contribution in [0.1, 0.15) is 85.4 Å². The van der Waals surface area contributed by atoms with Crippen molar-refractivity contribution in [3.05, 3.63) is 29.1 Å². The Morgan fingerprint density at radius 3 is 2.21 bits per heavy atom. The fourth-order valence-corrected chi connectivity index (χ4v) is 8.27. The number of anilines is 1. The molecule has 0 bridgehead atoms. The summed E-state index contributed by atoms with van der Waals surface area (Å²) in [7, 11) is -3.48. The minimum atomic E-state index is -3.48. The van der Waals surface area contributed by atoms with Gasteiger partial charge in [0, 0.05) is 45.2 Å². The maximum absolute atomic E-state index is 15.7. The number of nitrogens with zero attached hydrogens (tertiary/aromatic N) is 4. The second-order valence-corrected chi connectivity index (χ2v) is 13.8. The molecule has 0 saturated carbocycles. The average molecular weight is 607 g/mol. The third-order valence-electron chi connectivity index (χ3n) is 8.80. The predicted octanol–water partition coefficient (Wildman–Crippen LogP) is 1.36. The van der Waals surface area contributed by atoms with Crippen LogP contribution in [-0.2, 0) is 19.6 Å². The van der Waals surface area contributed by atoms with Gasteiger partial charge in [0.2, 0.25) is 21.8 Å². The van der Waals surface area contributed by atoms with Crippen LogP contribution in [0.2, 0.25) is 0 Å². The van der Waals surface area contributed by atoms with Gasteiger partial charge in [0.05, 0.1) is 22.1 Å². The van der Waals surface area contributed by atoms with E-state index in [0.29, 0.717) is 58.4 Å². The van der Waals surface area contributed by atoms with Crippen molar-refractivity contribution in [2.45, 2.75) is 82.0 Å². The molecule has 4 aliphatic heterocycles. The molecule has 4 aliphatic rings. The van der Waals surface area contributed by atoms with Crippen molar-refractivity contribution in [2.75, 3.05) is 37.7 Å². The molecule has 1 unspecified atom stereocenters. The molecule has 0 radical (unpaired) electrons. The fraction of sp³-hybridized carbons (Fsp3) is 0.643. The van der Waals surface area contributed by atoms with Crippen molar-refractivity contribution in [1.29, 1.82) is 0 Å². The smallest absolute Gasteiger partial charge is 0.262 e. The number of hydrazine groups is 1. The lowest BCUT2D eigenvalue weighted by molar-refractivity contribution is -0.136. The van der Waals surface area contributed by atoms with Gasteiger partial charge < -0.3 is 10.7 Å². The Bertz CT molecular complexity index is 1360. The summed E-state index contributed by atoms with van der Waals surface area (Å²) in [4.78, 5) is 51.4. The summed E-state index contributed by atoms with van der Waals surface area (Å²) in [5.41, 5.74) is 5.97. The highest BCUT2D eigenvalue weighted by Crippen LogP contribution is 2.34. The Kier molecular flexibility index (Phi) is 8.97. The van der Waals surface area contributed by atoms with Crippen molar-refractivity contribution in [3.8, 4) is 0 Å². The minimum absolute atomic E-state index is 0.00219. The van der Waals surface area contributed by atoms with E-state index in [9.17, 15) is 27.6 Å². The van der Waals surface area contributed by atoms with Gasteiger partial charge in [-0.15, -0.1) is 0 Å². The molecule has 3 fully saturated rings. The molecule has 1 aromatic carbocycles. The summed E-state index contributed by atoms with van der Waals surface area (Å²) in [5, 5.41) is 5.32. The second-order valence-electron chi connectivity index (χ2n) is 11.6. The molecule has 3 N–H and O–H groups in total. The number of sulfonamides is 1. The third kappa shape index (κ3) is 5.81. The summed E-state index contributed by atoms with van der Waals surface area (Å²) in [6, 6.07) is 1.29. The van der Waals surface area contributed by atoms with E-state index in [4.69, 9.17) is 5.73 Å². The molecular weight excluding hydrogens is 567 g/mol. The van der Waals surface area contributed by atoms with Gasteiger partial charge in [-0.1, -0.05) is 19.8 Å². The van der Waals surface area contributed by atoms with Crippen molar-refractivity contribution in [1.82, 2.24) is 19.5 Å². The van der Waals surface area contributed by atoms with Crippen LogP contribution in [0.15, 0.2) is 12.1 Å². The number of amides is 4. The number of hydrogen-bond donors (Lipinski definition) is 2. The number of nitrogens with one attached hydrogen (secondary N) is 1. The monoisotopic (exact) mass is 606 g/mol. The largest absolute Gasteiger partial charge is 0.328 e. The van der Waals surface area contributed by atoms with Gasteiger partial charge in [-0.25, -0.2) is 22.1 Å². The first-order chi connectivity index (χ1) is 20.0. The van der Waals surface area contributed by atoms with E-state index in [1.54, 1.807) is 9.31 Å². The van der Waals surface area contributed by atoms with Crippen LogP contribution in [0.5, 0.6) is 0 Å². The number of carbonyl (C=O) groups excluding carboxylic acids is 4. The molecule has 0 spiro atoms. The highest BCUT2D eigenvalue weighted by Gasteiger charge is 2.46. The highest BCUT2D eigenvalue weighted by molar-refractivity contribution is 7.89. The van der Waals surface area contributed by atoms with E-state index in [0.717, 1.165) is 30.2 Å². The van der Waals surface area contributed by atoms with Gasteiger partial charge in [0.1, 0.15) is 11.9 Å². The lowest BCUT2D eigenvalue weighted by atomic mass is 10.0. The molecule has 4 heterocycles. The van der Waals surface area contributed by atoms with Gasteiger partial charge in [-0.05, 0) is 50.7 Å². The van der Waals surface area contributed by atoms with Crippen molar-refractivity contribution in [3.63, 3.8) is 0 Å². The zero-order valence-corrected chi connectivity index (χ0v) is 24.7. The molecule has 1 aromatic rings. The molecule has 1 atom stereocenters. The number of benzene rings is 1. The molecule has 4 amide bonds. The topological polar surface area (TPSA) is 153 Å². The molecule has 0 aliphatic carbocycles. The average Bonchev–Trinajstić information content (AvgIpc) is 3.19. The van der Waals surface area contributed by atoms with E-state index in [2.05, 4.69) is 12.2 Å². The van der Waals surface area contributed by atoms with Crippen LogP contribution >= 0.6 is 0 Å². The normalized spacial score (nSPS) is 23.4. The summed E-state index contributed by atoms with van der Waals surface area (Å²) >= 11 is 0. The molecule has 0 aromatic heterocycles. The summed E-state index contributed by atoms with van der Waals surface area (Å²) in [6.07, 6.45) is 4.62. The zero-order chi connectivity index (χ0) is 30.2. The summed E-state index contributed by atoms with van der Waals surface area (Å²) in [5.74, 6) is -3.35. The molecule has 12 nitrogen and oxygen atoms in total. The number of rotatable bonds is 9. The molecule has 42 heavy (non-hydrogen) atoms. The maximum atomic E-state index is 15.7. The molecular formula is C28H39FN6O6S. The number of piperidine rings is 3. The number of hydrogen-bond acceptors (Lipinski definition) is 9. The quantitative estimate of drug-likeness (QED) is 0.313. The van der Waals surface area contributed by atoms with Gasteiger partial charge >= 0.3 is 0 Å². The first-order valence-corrected chi connectivity index (χ1v) is 16.3. The zero-order valence-electron chi connectivity index (χ0n) is 23.9. The predicted molar refractivity (Wildman–Crippen MR) is 152 cm³/mol. The number of unbranched alkanes of at least 4 members (excludes halogenated alkanes) is 2. The van der Waals surface area contributed by atoms with Crippen molar-refractivity contribution in [2.24, 2.45) is 5.73 Å². The second kappa shape index (κ2) is 12.3. The van der Waals surface area contributed by atoms with E-state index in [1.165, 1.54) is 6.07 Å². The van der Waals surface area contributed by atoms with Crippen molar-refractivity contribution >= 4 is 39.3 Å². The first kappa shape index (κ1) is 30.5. The molecule has 14 heteroatoms. The van der Waals surface area contributed by atoms with Crippen LogP contribution in [0.25, 0.3) is 0 Å². The lowest BCUT2D eigenvalue weighted by Crippen LogP contribution is -2.54. The van der Waals surface area contributed by atoms with Gasteiger partial charge in [0.15, 0.2) is 0 Å². The maximum Gasteiger partial charge on any atom is 0.262 e. The van der Waals surface area contributed by atoms with E-state index in [1.807, 2.05) is 5.01 Å². The molecule has 5 rings (SSSR count). The summed E-state index contributed by atoms with van der Waals surface area (Å²) in [6.45, 7) is 4.12. The third-order valence-corrected chi connectivity index (χ3v) is 11.2. The Hall–Kier alpha value is -2.94. The minimum Gasteiger partial charge on any atom is -0.328 e. The van der Waals surface area contributed by atoms with Crippen LogP contribution < -0.4 is 16.1 Å². The number of nitrogens with two attached hydrogens (primary N) is 1. The van der Waals surface area contributed by atoms with E-state index < -0.39 is 50.8 Å². The van der Waals surface area contributed by atoms with E-state index in [-0.39, 0.29) is 35.7 Å². The van der Waals surface area contributed by atoms with Gasteiger partial charge in [0.25, 0.3) is 11.8 Å². The Labute approximate surface area is 245 Å². The van der Waals surface area contributed by atoms with Crippen LogP contribution in [0.4, 0.5) is 10.1 Å². The molecule has 3 saturated heterocycles. The Morgan fingerprint density at radius 1 is 0.952 bits per heavy atom. The Morgan fingerprint density at radius 2 is 1.60 bits per heavy atom. The standard InChI is InChI=1S/C28H39FN6O6S/c1-2-3-4-11-34(32-12-9-19(10-13-32)42(40,41)33-14-7-18(30)8-15-33)24-17-21-20(16-22(24)29)27(38)35(28(21)39)23-5-6-25(36)31-26(23)37/h16-19,23H,2-15,30H2,1H3,(H,31,36,37). The number of halogens is 1. The fourth-order valence-electron chi connectivity index (χ4n) is 6.33. The lowest BCUT2D eigenvalue weighted by Gasteiger charge is -2.42. The van der Waals surface area contributed by atoms with Gasteiger partial charge in [-0.3, -0.25) is 29.4 Å². The Balaban J connectivity index is 1.36. The van der Waals surface area contributed by atoms with Crippen molar-refractivity contribution < 1.29 is 32.0 Å². The first-order valence-electron chi connectivity index (χ1n) is 14.8. The summed E-state index contributed by atoms with van der Waals surface area (Å²) < 4.78 is 43.9. The molecule has 230 valence electrons. The van der Waals surface area contributed by atoms with Crippen LogP contribution in [-0.4, -0.2) is 96.3 Å². The number of fused-ring (bicyclic) bond motifs is 1. The van der Waals surface area contributed by atoms with Crippen LogP contribution in [0, 0.1) is 5.82 Å². The SMILES string of the molecule is CCCCCN(c1cc2c(cc1F)C(=O)N(C1CCC(=O)NC1=O)C2=O)N1CCC(S(=O)(=O)N2CCC(N)CC2)CC1. The highest BCUT2D eigenvalue weighted by atomic mass is 32.2.